The van der Waals surface area contributed by atoms with Crippen molar-refractivity contribution in [3.05, 3.63) is 35.4 Å². The fourth-order valence-corrected chi connectivity index (χ4v) is 5.99. The average Bonchev–Trinajstić information content (AvgIpc) is 3.09. The molecule has 7 nitrogen and oxygen atoms in total. The Hall–Kier alpha value is -2.38. The largest absolute Gasteiger partial charge is 0.481 e. The molecule has 5 atom stereocenters. The van der Waals surface area contributed by atoms with Crippen molar-refractivity contribution in [3.8, 4) is 11.5 Å². The number of piperidine rings is 1. The van der Waals surface area contributed by atoms with Crippen LogP contribution in [0.4, 0.5) is 0 Å². The van der Waals surface area contributed by atoms with Crippen molar-refractivity contribution in [1.82, 2.24) is 10.2 Å². The summed E-state index contributed by atoms with van der Waals surface area (Å²) in [6.45, 7) is 10.2. The van der Waals surface area contributed by atoms with Gasteiger partial charge in [0.25, 0.3) is 0 Å². The quantitative estimate of drug-likeness (QED) is 0.436. The molecule has 1 aromatic carbocycles. The SMILES string of the molecule is CC(=O)Oc1ccc2c3c1O[C@H]1[C@@H](OC(C)=O)C=C[C@H]4[C@@H](C2)N(C)CC[C@@]341.CCNCC. The van der Waals surface area contributed by atoms with Crippen LogP contribution >= 0.6 is 0 Å². The van der Waals surface area contributed by atoms with Gasteiger partial charge in [-0.25, -0.2) is 0 Å². The minimum atomic E-state index is -0.439. The van der Waals surface area contributed by atoms with E-state index in [0.717, 1.165) is 38.0 Å². The van der Waals surface area contributed by atoms with Crippen molar-refractivity contribution in [3.63, 3.8) is 0 Å². The molecule has 5 rings (SSSR count). The molecule has 174 valence electrons. The van der Waals surface area contributed by atoms with Gasteiger partial charge in [-0.1, -0.05) is 26.0 Å². The Bertz CT molecular complexity index is 927. The van der Waals surface area contributed by atoms with Gasteiger partial charge in [0.2, 0.25) is 0 Å². The summed E-state index contributed by atoms with van der Waals surface area (Å²) in [7, 11) is 2.17. The molecule has 32 heavy (non-hydrogen) atoms. The molecular formula is C25H34N2O5. The molecule has 0 radical (unpaired) electrons. The van der Waals surface area contributed by atoms with Gasteiger partial charge in [-0.3, -0.25) is 9.59 Å². The fraction of sp³-hybridized carbons (Fsp3) is 0.600. The number of hydrogen-bond acceptors (Lipinski definition) is 7. The van der Waals surface area contributed by atoms with Crippen LogP contribution < -0.4 is 14.8 Å². The van der Waals surface area contributed by atoms with Gasteiger partial charge >= 0.3 is 11.9 Å². The van der Waals surface area contributed by atoms with Crippen molar-refractivity contribution >= 4 is 11.9 Å². The zero-order valence-electron chi connectivity index (χ0n) is 19.6. The standard InChI is InChI=1S/C21H23NO5.C4H11N/c1-11(23)25-16-6-4-13-10-15-14-5-7-17(26-12(2)24)20-21(14,8-9-22(15)3)18(13)19(16)27-20;1-3-5-4-2/h4-7,14-15,17,20H,8-10H2,1-3H3;5H,3-4H2,1-2H3/t14-,15+,17-,20-,21-;/m0./s1. The van der Waals surface area contributed by atoms with Crippen molar-refractivity contribution in [2.24, 2.45) is 5.92 Å². The summed E-state index contributed by atoms with van der Waals surface area (Å²) in [4.78, 5) is 25.7. The van der Waals surface area contributed by atoms with E-state index < -0.39 is 6.10 Å². The van der Waals surface area contributed by atoms with E-state index in [-0.39, 0.29) is 29.4 Å². The summed E-state index contributed by atoms with van der Waals surface area (Å²) in [5, 5.41) is 3.11. The first-order valence-corrected chi connectivity index (χ1v) is 11.6. The van der Waals surface area contributed by atoms with Crippen molar-refractivity contribution < 1.29 is 23.8 Å². The third kappa shape index (κ3) is 3.61. The van der Waals surface area contributed by atoms with Crippen LogP contribution in [0.2, 0.25) is 0 Å². The number of carbonyl (C=O) groups excluding carboxylic acids is 2. The summed E-state index contributed by atoms with van der Waals surface area (Å²) in [6.07, 6.45) is 5.31. The second-order valence-electron chi connectivity index (χ2n) is 9.04. The second kappa shape index (κ2) is 8.87. The number of likely N-dealkylation sites (tertiary alicyclic amines) is 1. The van der Waals surface area contributed by atoms with E-state index in [1.165, 1.54) is 19.4 Å². The first-order valence-electron chi connectivity index (χ1n) is 11.6. The summed E-state index contributed by atoms with van der Waals surface area (Å²) in [6, 6.07) is 4.28. The Labute approximate surface area is 190 Å². The van der Waals surface area contributed by atoms with E-state index >= 15 is 0 Å². The van der Waals surface area contributed by atoms with Crippen LogP contribution in [0.3, 0.4) is 0 Å². The molecule has 2 bridgehead atoms. The molecule has 0 amide bonds. The number of hydrogen-bond donors (Lipinski definition) is 1. The maximum absolute atomic E-state index is 11.7. The predicted octanol–water partition coefficient (Wildman–Crippen LogP) is 2.60. The van der Waals surface area contributed by atoms with Crippen LogP contribution in [0.15, 0.2) is 24.3 Å². The number of likely N-dealkylation sites (N-methyl/N-ethyl adjacent to an activating group) is 1. The van der Waals surface area contributed by atoms with Crippen LogP contribution in [0.5, 0.6) is 11.5 Å². The van der Waals surface area contributed by atoms with Gasteiger partial charge in [-0.05, 0) is 57.2 Å². The van der Waals surface area contributed by atoms with E-state index in [1.807, 2.05) is 12.1 Å². The molecule has 1 saturated heterocycles. The molecule has 2 heterocycles. The lowest BCUT2D eigenvalue weighted by atomic mass is 9.53. The van der Waals surface area contributed by atoms with Crippen LogP contribution in [0.1, 0.15) is 45.2 Å². The predicted molar refractivity (Wildman–Crippen MR) is 121 cm³/mol. The van der Waals surface area contributed by atoms with E-state index in [1.54, 1.807) is 0 Å². The van der Waals surface area contributed by atoms with Crippen LogP contribution in [0, 0.1) is 5.92 Å². The minimum absolute atomic E-state index is 0.245. The number of nitrogens with one attached hydrogen (secondary N) is 1. The Morgan fingerprint density at radius 2 is 1.94 bits per heavy atom. The van der Waals surface area contributed by atoms with E-state index in [4.69, 9.17) is 14.2 Å². The molecule has 1 aromatic rings. The first kappa shape index (κ1) is 22.8. The zero-order chi connectivity index (χ0) is 23.0. The molecule has 0 aromatic heterocycles. The van der Waals surface area contributed by atoms with Gasteiger partial charge in [0.15, 0.2) is 17.6 Å². The molecule has 2 aliphatic heterocycles. The zero-order valence-corrected chi connectivity index (χ0v) is 19.6. The number of esters is 2. The van der Waals surface area contributed by atoms with Crippen molar-refractivity contribution in [2.75, 3.05) is 26.7 Å². The molecule has 1 fully saturated rings. The number of ether oxygens (including phenoxy) is 3. The number of rotatable bonds is 4. The van der Waals surface area contributed by atoms with Gasteiger partial charge in [-0.2, -0.15) is 0 Å². The van der Waals surface area contributed by atoms with Crippen LogP contribution in [-0.4, -0.2) is 61.8 Å². The molecule has 1 N–H and O–H groups in total. The normalized spacial score (nSPS) is 31.0. The fourth-order valence-electron chi connectivity index (χ4n) is 5.99. The molecule has 1 spiro atoms. The molecular weight excluding hydrogens is 408 g/mol. The topological polar surface area (TPSA) is 77.1 Å². The Morgan fingerprint density at radius 3 is 2.56 bits per heavy atom. The number of benzene rings is 1. The summed E-state index contributed by atoms with van der Waals surface area (Å²) >= 11 is 0. The maximum atomic E-state index is 11.7. The van der Waals surface area contributed by atoms with E-state index in [2.05, 4.69) is 43.3 Å². The third-order valence-corrected chi connectivity index (χ3v) is 7.17. The summed E-state index contributed by atoms with van der Waals surface area (Å²) in [5.74, 6) is 0.712. The Kier molecular flexibility index (Phi) is 6.32. The van der Waals surface area contributed by atoms with Gasteiger partial charge in [0.1, 0.15) is 6.10 Å². The van der Waals surface area contributed by atoms with E-state index in [9.17, 15) is 9.59 Å². The van der Waals surface area contributed by atoms with Gasteiger partial charge in [-0.15, -0.1) is 0 Å². The second-order valence-corrected chi connectivity index (χ2v) is 9.04. The van der Waals surface area contributed by atoms with Crippen LogP contribution in [0.25, 0.3) is 0 Å². The van der Waals surface area contributed by atoms with Gasteiger partial charge in [0.05, 0.1) is 0 Å². The van der Waals surface area contributed by atoms with E-state index in [0.29, 0.717) is 17.5 Å². The molecule has 4 aliphatic rings. The summed E-state index contributed by atoms with van der Waals surface area (Å²) < 4.78 is 17.5. The third-order valence-electron chi connectivity index (χ3n) is 7.17. The molecule has 7 heteroatoms. The molecule has 0 unspecified atom stereocenters. The number of nitrogens with zero attached hydrogens (tertiary/aromatic N) is 1. The lowest BCUT2D eigenvalue weighted by Gasteiger charge is -2.56. The van der Waals surface area contributed by atoms with Gasteiger partial charge in [0, 0.05) is 36.8 Å². The van der Waals surface area contributed by atoms with Crippen LogP contribution in [-0.2, 0) is 26.2 Å². The van der Waals surface area contributed by atoms with Gasteiger partial charge < -0.3 is 24.4 Å². The molecule has 2 aliphatic carbocycles. The average molecular weight is 443 g/mol. The highest BCUT2D eigenvalue weighted by Gasteiger charge is 2.65. The first-order chi connectivity index (χ1) is 15.3. The summed E-state index contributed by atoms with van der Waals surface area (Å²) in [5.41, 5.74) is 2.15. The lowest BCUT2D eigenvalue weighted by molar-refractivity contribution is -0.152. The number of carbonyl (C=O) groups is 2. The Balaban J connectivity index is 0.000000444. The monoisotopic (exact) mass is 442 g/mol. The highest BCUT2D eigenvalue weighted by atomic mass is 16.6. The highest BCUT2D eigenvalue weighted by Crippen LogP contribution is 2.62. The highest BCUT2D eigenvalue weighted by molar-refractivity contribution is 5.73. The smallest absolute Gasteiger partial charge is 0.308 e. The lowest BCUT2D eigenvalue weighted by Crippen LogP contribution is -2.65. The minimum Gasteiger partial charge on any atom is -0.481 e. The maximum Gasteiger partial charge on any atom is 0.308 e. The Morgan fingerprint density at radius 1 is 1.19 bits per heavy atom. The van der Waals surface area contributed by atoms with Crippen molar-refractivity contribution in [2.45, 2.75) is 64.2 Å². The van der Waals surface area contributed by atoms with Crippen molar-refractivity contribution in [1.29, 1.82) is 0 Å². The molecule has 0 saturated carbocycles.